The Balaban J connectivity index is 2.33. The lowest BCUT2D eigenvalue weighted by Gasteiger charge is -2.03. The minimum absolute atomic E-state index is 0.0411. The van der Waals surface area contributed by atoms with Crippen molar-refractivity contribution in [1.82, 2.24) is 0 Å². The van der Waals surface area contributed by atoms with Crippen LogP contribution in [0.4, 0.5) is 11.4 Å². The summed E-state index contributed by atoms with van der Waals surface area (Å²) in [6.07, 6.45) is 1.30. The summed E-state index contributed by atoms with van der Waals surface area (Å²) < 4.78 is 4.95. The molecule has 0 aliphatic carbocycles. The van der Waals surface area contributed by atoms with Gasteiger partial charge in [-0.05, 0) is 18.2 Å². The van der Waals surface area contributed by atoms with Gasteiger partial charge < -0.3 is 14.9 Å². The van der Waals surface area contributed by atoms with E-state index in [4.69, 9.17) is 4.74 Å². The van der Waals surface area contributed by atoms with E-state index in [1.807, 2.05) is 0 Å². The number of hydrogen-bond acceptors (Lipinski definition) is 6. The summed E-state index contributed by atoms with van der Waals surface area (Å²) in [5, 5.41) is 30.1. The molecule has 0 amide bonds. The molecule has 0 saturated heterocycles. The molecular weight excluding hydrogens is 276 g/mol. The molecule has 0 radical (unpaired) electrons. The van der Waals surface area contributed by atoms with Gasteiger partial charge in [0.2, 0.25) is 0 Å². The van der Waals surface area contributed by atoms with Crippen molar-refractivity contribution < 1.29 is 19.9 Å². The number of rotatable bonds is 4. The molecule has 2 aromatic rings. The number of hydrogen-bond donors (Lipinski definition) is 2. The largest absolute Gasteiger partial charge is 0.507 e. The standard InChI is InChI=1S/C14H12N2O5/c1-21-11-4-2-9(14(18)7-11)8-15-12-6-10(16(19)20)3-5-13(12)17/h2-8,17-18H,1H3. The molecule has 21 heavy (non-hydrogen) atoms. The number of nitro groups is 1. The van der Waals surface area contributed by atoms with Crippen LogP contribution in [0.25, 0.3) is 0 Å². The molecule has 2 rings (SSSR count). The number of non-ortho nitro benzene ring substituents is 1. The second-order valence-corrected chi connectivity index (χ2v) is 4.11. The number of benzene rings is 2. The third kappa shape index (κ3) is 3.27. The molecule has 0 saturated carbocycles. The zero-order valence-corrected chi connectivity index (χ0v) is 11.1. The Labute approximate surface area is 119 Å². The predicted molar refractivity (Wildman–Crippen MR) is 76.7 cm³/mol. The smallest absolute Gasteiger partial charge is 0.271 e. The highest BCUT2D eigenvalue weighted by atomic mass is 16.6. The average Bonchev–Trinajstić information content (AvgIpc) is 2.47. The summed E-state index contributed by atoms with van der Waals surface area (Å²) in [7, 11) is 1.48. The van der Waals surface area contributed by atoms with Gasteiger partial charge in [-0.15, -0.1) is 0 Å². The van der Waals surface area contributed by atoms with Crippen molar-refractivity contribution in [1.29, 1.82) is 0 Å². The SMILES string of the molecule is COc1ccc(C=Nc2cc([N+](=O)[O-])ccc2O)c(O)c1. The van der Waals surface area contributed by atoms with Gasteiger partial charge in [0.05, 0.1) is 12.0 Å². The predicted octanol–water partition coefficient (Wildman–Crippen LogP) is 2.77. The molecule has 7 nitrogen and oxygen atoms in total. The van der Waals surface area contributed by atoms with Crippen LogP contribution in [-0.2, 0) is 0 Å². The Bertz CT molecular complexity index is 713. The van der Waals surface area contributed by atoms with E-state index in [1.54, 1.807) is 12.1 Å². The van der Waals surface area contributed by atoms with Gasteiger partial charge in [0.25, 0.3) is 5.69 Å². The molecule has 2 aromatic carbocycles. The summed E-state index contributed by atoms with van der Waals surface area (Å²) in [5.41, 5.74) is 0.250. The van der Waals surface area contributed by atoms with Crippen LogP contribution in [0.1, 0.15) is 5.56 Å². The van der Waals surface area contributed by atoms with Gasteiger partial charge in [0.15, 0.2) is 0 Å². The molecule has 0 atom stereocenters. The molecule has 0 fully saturated rings. The number of nitro benzene ring substituents is 1. The second-order valence-electron chi connectivity index (χ2n) is 4.11. The highest BCUT2D eigenvalue weighted by Crippen LogP contribution is 2.31. The van der Waals surface area contributed by atoms with Crippen molar-refractivity contribution in [3.8, 4) is 17.2 Å². The van der Waals surface area contributed by atoms with Gasteiger partial charge in [0.1, 0.15) is 22.9 Å². The van der Waals surface area contributed by atoms with Gasteiger partial charge in [-0.1, -0.05) is 0 Å². The van der Waals surface area contributed by atoms with Gasteiger partial charge in [0, 0.05) is 30.0 Å². The maximum atomic E-state index is 10.7. The topological polar surface area (TPSA) is 105 Å². The minimum atomic E-state index is -0.580. The third-order valence-electron chi connectivity index (χ3n) is 2.75. The molecule has 0 unspecified atom stereocenters. The third-order valence-corrected chi connectivity index (χ3v) is 2.75. The van der Waals surface area contributed by atoms with E-state index < -0.39 is 4.92 Å². The van der Waals surface area contributed by atoms with Gasteiger partial charge >= 0.3 is 0 Å². The van der Waals surface area contributed by atoms with Crippen LogP contribution in [0.3, 0.4) is 0 Å². The fourth-order valence-corrected chi connectivity index (χ4v) is 1.63. The highest BCUT2D eigenvalue weighted by Gasteiger charge is 2.09. The summed E-state index contributed by atoms with van der Waals surface area (Å²) in [5.74, 6) is 0.246. The molecule has 7 heteroatoms. The molecular formula is C14H12N2O5. The van der Waals surface area contributed by atoms with Crippen molar-refractivity contribution in [3.05, 3.63) is 52.1 Å². The molecule has 2 N–H and O–H groups in total. The van der Waals surface area contributed by atoms with Gasteiger partial charge in [-0.25, -0.2) is 0 Å². The fraction of sp³-hybridized carbons (Fsp3) is 0.0714. The summed E-state index contributed by atoms with van der Waals surface area (Å²) in [6.45, 7) is 0. The van der Waals surface area contributed by atoms with Gasteiger partial charge in [-0.3, -0.25) is 15.1 Å². The van der Waals surface area contributed by atoms with Crippen molar-refractivity contribution in [2.75, 3.05) is 7.11 Å². The maximum absolute atomic E-state index is 10.7. The quantitative estimate of drug-likeness (QED) is 0.511. The molecule has 0 spiro atoms. The Morgan fingerprint density at radius 3 is 2.57 bits per heavy atom. The Kier molecular flexibility index (Phi) is 4.03. The van der Waals surface area contributed by atoms with E-state index in [1.165, 1.54) is 31.5 Å². The van der Waals surface area contributed by atoms with E-state index in [0.29, 0.717) is 11.3 Å². The molecule has 0 aliphatic rings. The lowest BCUT2D eigenvalue weighted by Crippen LogP contribution is -1.88. The van der Waals surface area contributed by atoms with Crippen LogP contribution in [0, 0.1) is 10.1 Å². The zero-order valence-electron chi connectivity index (χ0n) is 11.1. The monoisotopic (exact) mass is 288 g/mol. The minimum Gasteiger partial charge on any atom is -0.507 e. The Hall–Kier alpha value is -3.09. The summed E-state index contributed by atoms with van der Waals surface area (Å²) >= 11 is 0. The molecule has 0 aromatic heterocycles. The number of aliphatic imine (C=N–C) groups is 1. The first-order chi connectivity index (χ1) is 10.0. The number of ether oxygens (including phenoxy) is 1. The van der Waals surface area contributed by atoms with Crippen molar-refractivity contribution >= 4 is 17.6 Å². The molecule has 0 bridgehead atoms. The van der Waals surface area contributed by atoms with Crippen LogP contribution in [0.15, 0.2) is 41.4 Å². The Morgan fingerprint density at radius 1 is 1.19 bits per heavy atom. The van der Waals surface area contributed by atoms with Crippen LogP contribution in [-0.4, -0.2) is 28.5 Å². The molecule has 0 aliphatic heterocycles. The van der Waals surface area contributed by atoms with Crippen LogP contribution >= 0.6 is 0 Å². The number of nitrogens with zero attached hydrogens (tertiary/aromatic N) is 2. The van der Waals surface area contributed by atoms with E-state index in [9.17, 15) is 20.3 Å². The first-order valence-corrected chi connectivity index (χ1v) is 5.89. The van der Waals surface area contributed by atoms with Crippen LogP contribution in [0.5, 0.6) is 17.2 Å². The highest BCUT2D eigenvalue weighted by molar-refractivity contribution is 5.86. The number of methoxy groups -OCH3 is 1. The van der Waals surface area contributed by atoms with E-state index >= 15 is 0 Å². The first-order valence-electron chi connectivity index (χ1n) is 5.89. The number of phenolic OH excluding ortho intramolecular Hbond substituents is 2. The van der Waals surface area contributed by atoms with Crippen molar-refractivity contribution in [2.45, 2.75) is 0 Å². The fourth-order valence-electron chi connectivity index (χ4n) is 1.63. The average molecular weight is 288 g/mol. The van der Waals surface area contributed by atoms with Crippen LogP contribution < -0.4 is 4.74 Å². The van der Waals surface area contributed by atoms with Crippen molar-refractivity contribution in [2.24, 2.45) is 4.99 Å². The van der Waals surface area contributed by atoms with E-state index in [2.05, 4.69) is 4.99 Å². The van der Waals surface area contributed by atoms with Crippen molar-refractivity contribution in [3.63, 3.8) is 0 Å². The summed E-state index contributed by atoms with van der Waals surface area (Å²) in [6, 6.07) is 8.14. The lowest BCUT2D eigenvalue weighted by molar-refractivity contribution is -0.384. The Morgan fingerprint density at radius 2 is 1.95 bits per heavy atom. The van der Waals surface area contributed by atoms with Gasteiger partial charge in [-0.2, -0.15) is 0 Å². The number of aromatic hydroxyl groups is 2. The maximum Gasteiger partial charge on any atom is 0.271 e. The normalized spacial score (nSPS) is 10.7. The summed E-state index contributed by atoms with van der Waals surface area (Å²) in [4.78, 5) is 14.1. The zero-order chi connectivity index (χ0) is 15.4. The lowest BCUT2D eigenvalue weighted by atomic mass is 10.2. The molecule has 0 heterocycles. The number of phenols is 2. The molecule has 108 valence electrons. The van der Waals surface area contributed by atoms with E-state index in [0.717, 1.165) is 6.07 Å². The first kappa shape index (κ1) is 14.3. The van der Waals surface area contributed by atoms with E-state index in [-0.39, 0.29) is 22.9 Å². The second kappa shape index (κ2) is 5.91. The van der Waals surface area contributed by atoms with Crippen LogP contribution in [0.2, 0.25) is 0 Å².